The lowest BCUT2D eigenvalue weighted by Crippen LogP contribution is -2.33. The van der Waals surface area contributed by atoms with Crippen molar-refractivity contribution in [2.24, 2.45) is 5.92 Å². The van der Waals surface area contributed by atoms with E-state index in [-0.39, 0.29) is 11.0 Å². The van der Waals surface area contributed by atoms with Crippen LogP contribution in [-0.2, 0) is 4.74 Å². The maximum Gasteiger partial charge on any atom is 0.264 e. The summed E-state index contributed by atoms with van der Waals surface area (Å²) >= 11 is 1.41. The number of hydrogen-bond donors (Lipinski definition) is 0. The van der Waals surface area contributed by atoms with Gasteiger partial charge in [-0.2, -0.15) is 0 Å². The maximum absolute atomic E-state index is 10.7. The molecule has 0 saturated carbocycles. The lowest BCUT2D eigenvalue weighted by atomic mass is 10.1. The Kier molecular flexibility index (Phi) is 8.20. The molecular formula is C15H29N3O3S. The topological polar surface area (TPSA) is 58.9 Å². The summed E-state index contributed by atoms with van der Waals surface area (Å²) in [6.45, 7) is 7.14. The molecule has 0 spiro atoms. The third kappa shape index (κ3) is 6.54. The first-order chi connectivity index (χ1) is 10.3. The summed E-state index contributed by atoms with van der Waals surface area (Å²) in [5, 5.41) is 11.3. The normalized spacial score (nSPS) is 23.8. The van der Waals surface area contributed by atoms with Crippen LogP contribution in [0.4, 0.5) is 0 Å². The molecule has 128 valence electrons. The van der Waals surface area contributed by atoms with Crippen molar-refractivity contribution in [2.45, 2.75) is 38.8 Å². The van der Waals surface area contributed by atoms with E-state index in [1.54, 1.807) is 0 Å². The standard InChI is InChI=1S/C15H29N3O3S/c1-12(17(4)15(22-5)10-18(19)20)6-7-16(3)9-14-8-13(2)21-11-14/h10,12-14H,6-9,11H2,1-5H3. The van der Waals surface area contributed by atoms with Crippen LogP contribution in [0.25, 0.3) is 0 Å². The zero-order valence-electron chi connectivity index (χ0n) is 14.3. The fourth-order valence-corrected chi connectivity index (χ4v) is 3.42. The molecule has 1 fully saturated rings. The second-order valence-electron chi connectivity index (χ2n) is 6.21. The highest BCUT2D eigenvalue weighted by molar-refractivity contribution is 8.02. The van der Waals surface area contributed by atoms with Gasteiger partial charge in [0.2, 0.25) is 0 Å². The number of nitrogens with zero attached hydrogens (tertiary/aromatic N) is 3. The molecule has 1 aliphatic rings. The van der Waals surface area contributed by atoms with E-state index in [2.05, 4.69) is 25.8 Å². The molecule has 3 atom stereocenters. The number of ether oxygens (including phenoxy) is 1. The van der Waals surface area contributed by atoms with E-state index in [0.29, 0.717) is 17.1 Å². The Labute approximate surface area is 138 Å². The molecule has 1 saturated heterocycles. The average molecular weight is 331 g/mol. The molecule has 1 rings (SSSR count). The van der Waals surface area contributed by atoms with Crippen LogP contribution in [0.1, 0.15) is 26.7 Å². The average Bonchev–Trinajstić information content (AvgIpc) is 2.86. The molecule has 0 bridgehead atoms. The third-order valence-corrected chi connectivity index (χ3v) is 5.03. The maximum atomic E-state index is 10.7. The Morgan fingerprint density at radius 2 is 2.23 bits per heavy atom. The van der Waals surface area contributed by atoms with Crippen LogP contribution >= 0.6 is 11.8 Å². The summed E-state index contributed by atoms with van der Waals surface area (Å²) in [7, 11) is 4.06. The lowest BCUT2D eigenvalue weighted by Gasteiger charge is -2.29. The van der Waals surface area contributed by atoms with Gasteiger partial charge in [-0.1, -0.05) is 0 Å². The number of nitro groups is 1. The molecule has 7 heteroatoms. The van der Waals surface area contributed by atoms with Gasteiger partial charge in [0.25, 0.3) is 6.20 Å². The first-order valence-electron chi connectivity index (χ1n) is 7.75. The SMILES string of the molecule is CSC(=C[N+](=O)[O-])N(C)C(C)CCN(C)CC1COC(C)C1. The Balaban J connectivity index is 2.37. The Hall–Kier alpha value is -0.790. The number of rotatable bonds is 9. The van der Waals surface area contributed by atoms with E-state index < -0.39 is 0 Å². The van der Waals surface area contributed by atoms with Gasteiger partial charge in [0, 0.05) is 19.6 Å². The van der Waals surface area contributed by atoms with Crippen LogP contribution < -0.4 is 0 Å². The minimum Gasteiger partial charge on any atom is -0.378 e. The van der Waals surface area contributed by atoms with E-state index in [9.17, 15) is 10.1 Å². The molecular weight excluding hydrogens is 302 g/mol. The highest BCUT2D eigenvalue weighted by Crippen LogP contribution is 2.21. The van der Waals surface area contributed by atoms with Crippen molar-refractivity contribution in [1.29, 1.82) is 0 Å². The van der Waals surface area contributed by atoms with Gasteiger partial charge in [-0.3, -0.25) is 10.1 Å². The molecule has 0 aromatic carbocycles. The van der Waals surface area contributed by atoms with Crippen molar-refractivity contribution >= 4 is 11.8 Å². The second kappa shape index (κ2) is 9.37. The monoisotopic (exact) mass is 331 g/mol. The molecule has 0 aliphatic carbocycles. The fourth-order valence-electron chi connectivity index (χ4n) is 2.76. The zero-order valence-corrected chi connectivity index (χ0v) is 15.1. The molecule has 0 radical (unpaired) electrons. The molecule has 0 aromatic rings. The predicted octanol–water partition coefficient (Wildman–Crippen LogP) is 2.49. The van der Waals surface area contributed by atoms with Gasteiger partial charge in [0.1, 0.15) is 5.03 Å². The van der Waals surface area contributed by atoms with Gasteiger partial charge in [-0.05, 0) is 52.5 Å². The summed E-state index contributed by atoms with van der Waals surface area (Å²) in [5.41, 5.74) is 0. The molecule has 0 aromatic heterocycles. The highest BCUT2D eigenvalue weighted by atomic mass is 32.2. The lowest BCUT2D eigenvalue weighted by molar-refractivity contribution is -0.403. The summed E-state index contributed by atoms with van der Waals surface area (Å²) in [6.07, 6.45) is 5.46. The van der Waals surface area contributed by atoms with Gasteiger partial charge in [0.05, 0.1) is 17.6 Å². The quantitative estimate of drug-likeness (QED) is 0.478. The molecule has 0 amide bonds. The molecule has 22 heavy (non-hydrogen) atoms. The van der Waals surface area contributed by atoms with E-state index in [0.717, 1.165) is 38.7 Å². The van der Waals surface area contributed by atoms with E-state index >= 15 is 0 Å². The predicted molar refractivity (Wildman–Crippen MR) is 91.5 cm³/mol. The summed E-state index contributed by atoms with van der Waals surface area (Å²) in [6, 6.07) is 0.264. The third-order valence-electron chi connectivity index (χ3n) is 4.21. The van der Waals surface area contributed by atoms with Crippen molar-refractivity contribution in [2.75, 3.05) is 40.0 Å². The molecule has 1 aliphatic heterocycles. The molecule has 1 heterocycles. The summed E-state index contributed by atoms with van der Waals surface area (Å²) in [5.74, 6) is 0.629. The number of hydrogen-bond acceptors (Lipinski definition) is 6. The van der Waals surface area contributed by atoms with Crippen molar-refractivity contribution in [1.82, 2.24) is 9.80 Å². The van der Waals surface area contributed by atoms with Gasteiger partial charge in [0.15, 0.2) is 0 Å². The van der Waals surface area contributed by atoms with Crippen molar-refractivity contribution < 1.29 is 9.66 Å². The fraction of sp³-hybridized carbons (Fsp3) is 0.867. The molecule has 6 nitrogen and oxygen atoms in total. The smallest absolute Gasteiger partial charge is 0.264 e. The second-order valence-corrected chi connectivity index (χ2v) is 7.04. The van der Waals surface area contributed by atoms with Crippen molar-refractivity contribution in [3.05, 3.63) is 21.3 Å². The summed E-state index contributed by atoms with van der Waals surface area (Å²) < 4.78 is 5.60. The van der Waals surface area contributed by atoms with Crippen LogP contribution in [0.5, 0.6) is 0 Å². The first-order valence-corrected chi connectivity index (χ1v) is 8.98. The van der Waals surface area contributed by atoms with Crippen LogP contribution in [0, 0.1) is 16.0 Å². The van der Waals surface area contributed by atoms with Crippen molar-refractivity contribution in [3.8, 4) is 0 Å². The minimum atomic E-state index is -0.386. The van der Waals surface area contributed by atoms with Crippen LogP contribution in [0.3, 0.4) is 0 Å². The van der Waals surface area contributed by atoms with Gasteiger partial charge in [-0.25, -0.2) is 0 Å². The van der Waals surface area contributed by atoms with E-state index in [1.807, 2.05) is 18.2 Å². The first kappa shape index (κ1) is 19.3. The van der Waals surface area contributed by atoms with E-state index in [4.69, 9.17) is 4.74 Å². The van der Waals surface area contributed by atoms with Crippen LogP contribution in [0.15, 0.2) is 11.2 Å². The largest absolute Gasteiger partial charge is 0.378 e. The van der Waals surface area contributed by atoms with Crippen LogP contribution in [0.2, 0.25) is 0 Å². The van der Waals surface area contributed by atoms with Gasteiger partial charge in [-0.15, -0.1) is 11.8 Å². The Morgan fingerprint density at radius 1 is 1.55 bits per heavy atom. The molecule has 3 unspecified atom stereocenters. The Morgan fingerprint density at radius 3 is 2.73 bits per heavy atom. The van der Waals surface area contributed by atoms with Gasteiger partial charge < -0.3 is 14.5 Å². The molecule has 0 N–H and O–H groups in total. The van der Waals surface area contributed by atoms with Crippen molar-refractivity contribution in [3.63, 3.8) is 0 Å². The van der Waals surface area contributed by atoms with Crippen LogP contribution in [-0.4, -0.2) is 66.9 Å². The minimum absolute atomic E-state index is 0.264. The van der Waals surface area contributed by atoms with E-state index in [1.165, 1.54) is 11.8 Å². The number of thioether (sulfide) groups is 1. The zero-order chi connectivity index (χ0) is 16.7. The van der Waals surface area contributed by atoms with Gasteiger partial charge >= 0.3 is 0 Å². The highest BCUT2D eigenvalue weighted by Gasteiger charge is 2.23. The summed E-state index contributed by atoms with van der Waals surface area (Å²) in [4.78, 5) is 14.6. The Bertz CT molecular complexity index is 392.